The van der Waals surface area contributed by atoms with Gasteiger partial charge in [0, 0.05) is 12.7 Å². The molecule has 0 fully saturated rings. The highest BCUT2D eigenvalue weighted by Gasteiger charge is 2.11. The lowest BCUT2D eigenvalue weighted by Crippen LogP contribution is -2.17. The summed E-state index contributed by atoms with van der Waals surface area (Å²) >= 11 is 1.28. The van der Waals surface area contributed by atoms with E-state index in [1.54, 1.807) is 0 Å². The first-order chi connectivity index (χ1) is 12.2. The predicted octanol–water partition coefficient (Wildman–Crippen LogP) is 1.97. The summed E-state index contributed by atoms with van der Waals surface area (Å²) < 4.78 is 11.7. The number of hydrogen-bond acceptors (Lipinski definition) is 7. The maximum absolute atomic E-state index is 12.1. The summed E-state index contributed by atoms with van der Waals surface area (Å²) in [5, 5.41) is 4.84. The number of aromatic nitrogens is 3. The van der Waals surface area contributed by atoms with E-state index in [-0.39, 0.29) is 24.6 Å². The van der Waals surface area contributed by atoms with Crippen molar-refractivity contribution in [1.29, 1.82) is 0 Å². The van der Waals surface area contributed by atoms with Crippen molar-refractivity contribution in [2.75, 3.05) is 6.61 Å². The molecule has 0 aliphatic heterocycles. The molecule has 2 heterocycles. The van der Waals surface area contributed by atoms with Crippen LogP contribution in [-0.2, 0) is 33.9 Å². The van der Waals surface area contributed by atoms with Gasteiger partial charge in [-0.25, -0.2) is 4.98 Å². The van der Waals surface area contributed by atoms with Crippen LogP contribution in [0.3, 0.4) is 0 Å². The van der Waals surface area contributed by atoms with E-state index in [4.69, 9.17) is 9.47 Å². The van der Waals surface area contributed by atoms with Gasteiger partial charge >= 0.3 is 5.97 Å². The zero-order valence-electron chi connectivity index (χ0n) is 13.7. The van der Waals surface area contributed by atoms with Gasteiger partial charge in [-0.15, -0.1) is 0 Å². The molecule has 0 unspecified atom stereocenters. The van der Waals surface area contributed by atoms with Crippen LogP contribution in [0.1, 0.15) is 23.2 Å². The molecule has 0 N–H and O–H groups in total. The van der Waals surface area contributed by atoms with E-state index in [2.05, 4.69) is 10.1 Å². The van der Waals surface area contributed by atoms with Gasteiger partial charge in [0.05, 0.1) is 12.1 Å². The smallest absolute Gasteiger partial charge is 0.310 e. The van der Waals surface area contributed by atoms with Crippen molar-refractivity contribution in [3.8, 4) is 0 Å². The van der Waals surface area contributed by atoms with Gasteiger partial charge in [0.15, 0.2) is 0 Å². The zero-order chi connectivity index (χ0) is 17.6. The van der Waals surface area contributed by atoms with E-state index in [1.165, 1.54) is 21.9 Å². The average molecular weight is 359 g/mol. The standard InChI is InChI=1S/C17H17N3O4S/c1-2-23-11-14-19-20-15(21)9-13(18-17(20)25-14)10-24-16(22)8-12-6-4-3-5-7-12/h3-7,9H,2,8,10-11H2,1H3. The topological polar surface area (TPSA) is 82.8 Å². The van der Waals surface area contributed by atoms with Crippen molar-refractivity contribution in [3.63, 3.8) is 0 Å². The van der Waals surface area contributed by atoms with Crippen LogP contribution < -0.4 is 5.56 Å². The third kappa shape index (κ3) is 4.49. The molecular formula is C17H17N3O4S. The summed E-state index contributed by atoms with van der Waals surface area (Å²) in [6.07, 6.45) is 0.182. The predicted molar refractivity (Wildman–Crippen MR) is 92.4 cm³/mol. The SMILES string of the molecule is CCOCc1nn2c(=O)cc(COC(=O)Cc3ccccc3)nc2s1. The maximum Gasteiger partial charge on any atom is 0.310 e. The molecule has 0 spiro atoms. The molecule has 1 aromatic carbocycles. The van der Waals surface area contributed by atoms with E-state index in [9.17, 15) is 9.59 Å². The normalized spacial score (nSPS) is 10.9. The fourth-order valence-electron chi connectivity index (χ4n) is 2.19. The molecule has 0 atom stereocenters. The van der Waals surface area contributed by atoms with Crippen LogP contribution in [0, 0.1) is 0 Å². The molecule has 8 heteroatoms. The van der Waals surface area contributed by atoms with E-state index in [0.29, 0.717) is 28.9 Å². The molecule has 3 rings (SSSR count). The van der Waals surface area contributed by atoms with E-state index >= 15 is 0 Å². The van der Waals surface area contributed by atoms with Crippen molar-refractivity contribution in [1.82, 2.24) is 14.6 Å². The van der Waals surface area contributed by atoms with Gasteiger partial charge in [-0.3, -0.25) is 9.59 Å². The zero-order valence-corrected chi connectivity index (χ0v) is 14.5. The summed E-state index contributed by atoms with van der Waals surface area (Å²) in [4.78, 5) is 28.8. The first-order valence-electron chi connectivity index (χ1n) is 7.81. The Bertz CT molecular complexity index is 921. The molecule has 0 saturated carbocycles. The third-order valence-corrected chi connectivity index (χ3v) is 4.22. The number of rotatable bonds is 7. The van der Waals surface area contributed by atoms with E-state index in [0.717, 1.165) is 5.56 Å². The Balaban J connectivity index is 1.67. The van der Waals surface area contributed by atoms with E-state index in [1.807, 2.05) is 37.3 Å². The van der Waals surface area contributed by atoms with Gasteiger partial charge in [0.2, 0.25) is 4.96 Å². The Morgan fingerprint density at radius 3 is 2.80 bits per heavy atom. The summed E-state index contributed by atoms with van der Waals surface area (Å²) in [5.74, 6) is -0.366. The number of carbonyl (C=O) groups excluding carboxylic acids is 1. The highest BCUT2D eigenvalue weighted by Crippen LogP contribution is 2.13. The average Bonchev–Trinajstić information content (AvgIpc) is 3.03. The Morgan fingerprint density at radius 1 is 1.24 bits per heavy atom. The molecule has 130 valence electrons. The Labute approximate surface area is 147 Å². The second-order valence-corrected chi connectivity index (χ2v) is 6.28. The van der Waals surface area contributed by atoms with Crippen molar-refractivity contribution < 1.29 is 14.3 Å². The van der Waals surface area contributed by atoms with Crippen molar-refractivity contribution >= 4 is 22.3 Å². The molecule has 0 amide bonds. The molecule has 0 radical (unpaired) electrons. The summed E-state index contributed by atoms with van der Waals surface area (Å²) in [6.45, 7) is 2.75. The Kier molecular flexibility index (Phi) is 5.52. The van der Waals surface area contributed by atoms with E-state index < -0.39 is 0 Å². The van der Waals surface area contributed by atoms with Crippen molar-refractivity contribution in [3.05, 3.63) is 63.0 Å². The van der Waals surface area contributed by atoms with Gasteiger partial charge in [0.1, 0.15) is 18.2 Å². The van der Waals surface area contributed by atoms with Crippen LogP contribution >= 0.6 is 11.3 Å². The fourth-order valence-corrected chi connectivity index (χ4v) is 3.04. The third-order valence-electron chi connectivity index (χ3n) is 3.34. The lowest BCUT2D eigenvalue weighted by molar-refractivity contribution is -0.144. The fraction of sp³-hybridized carbons (Fsp3) is 0.294. The lowest BCUT2D eigenvalue weighted by Gasteiger charge is -2.04. The van der Waals surface area contributed by atoms with Crippen LogP contribution in [0.25, 0.3) is 4.96 Å². The quantitative estimate of drug-likeness (QED) is 0.600. The van der Waals surface area contributed by atoms with Gasteiger partial charge in [0.25, 0.3) is 5.56 Å². The molecule has 25 heavy (non-hydrogen) atoms. The monoisotopic (exact) mass is 359 g/mol. The molecule has 0 aliphatic carbocycles. The van der Waals surface area contributed by atoms with Crippen molar-refractivity contribution in [2.24, 2.45) is 0 Å². The minimum Gasteiger partial charge on any atom is -0.459 e. The molecule has 2 aromatic heterocycles. The Morgan fingerprint density at radius 2 is 2.04 bits per heavy atom. The highest BCUT2D eigenvalue weighted by atomic mass is 32.1. The largest absolute Gasteiger partial charge is 0.459 e. The molecule has 0 aliphatic rings. The first-order valence-corrected chi connectivity index (χ1v) is 8.63. The molecule has 7 nitrogen and oxygen atoms in total. The van der Waals surface area contributed by atoms with Crippen LogP contribution in [0.2, 0.25) is 0 Å². The first kappa shape index (κ1) is 17.2. The minimum atomic E-state index is -0.366. The number of esters is 1. The van der Waals surface area contributed by atoms with Crippen molar-refractivity contribution in [2.45, 2.75) is 26.6 Å². The highest BCUT2D eigenvalue weighted by molar-refractivity contribution is 7.16. The second-order valence-electron chi connectivity index (χ2n) is 5.24. The minimum absolute atomic E-state index is 0.0455. The van der Waals surface area contributed by atoms with Crippen LogP contribution in [0.5, 0.6) is 0 Å². The summed E-state index contributed by atoms with van der Waals surface area (Å²) in [7, 11) is 0. The number of hydrogen-bond donors (Lipinski definition) is 0. The molecule has 3 aromatic rings. The summed E-state index contributed by atoms with van der Waals surface area (Å²) in [6, 6.07) is 10.7. The van der Waals surface area contributed by atoms with Gasteiger partial charge in [-0.05, 0) is 12.5 Å². The van der Waals surface area contributed by atoms with Crippen LogP contribution in [0.15, 0.2) is 41.2 Å². The molecule has 0 bridgehead atoms. The van der Waals surface area contributed by atoms with Crippen LogP contribution in [-0.4, -0.2) is 27.2 Å². The molecular weight excluding hydrogens is 342 g/mol. The number of fused-ring (bicyclic) bond motifs is 1. The number of carbonyl (C=O) groups is 1. The lowest BCUT2D eigenvalue weighted by atomic mass is 10.2. The second kappa shape index (κ2) is 8.00. The summed E-state index contributed by atoms with van der Waals surface area (Å²) in [5.41, 5.74) is 0.968. The number of nitrogens with zero attached hydrogens (tertiary/aromatic N) is 3. The Hall–Kier alpha value is -2.58. The van der Waals surface area contributed by atoms with Crippen LogP contribution in [0.4, 0.5) is 0 Å². The number of benzene rings is 1. The van der Waals surface area contributed by atoms with Gasteiger partial charge < -0.3 is 9.47 Å². The number of ether oxygens (including phenoxy) is 2. The van der Waals surface area contributed by atoms with Gasteiger partial charge in [-0.2, -0.15) is 9.61 Å². The maximum atomic E-state index is 12.1. The molecule has 0 saturated heterocycles. The van der Waals surface area contributed by atoms with Gasteiger partial charge in [-0.1, -0.05) is 41.7 Å².